The summed E-state index contributed by atoms with van der Waals surface area (Å²) in [5, 5.41) is 14.4. The van der Waals surface area contributed by atoms with Gasteiger partial charge in [-0.2, -0.15) is 0 Å². The van der Waals surface area contributed by atoms with Gasteiger partial charge in [-0.05, 0) is 71.9 Å². The molecule has 210 valence electrons. The molecule has 0 saturated heterocycles. The number of pyridine rings is 1. The first kappa shape index (κ1) is 27.1. The standard InChI is InChI=1S/C34H38N6O/c1-24-18-19-25(2)31-29(24)22-30(34(41)35-31)32(33-36-37-38-40(33)28-16-10-5-11-17-28)39(23-27-14-8-4-9-15-27)21-20-26-12-6-3-7-13-26/h3-4,6-9,12-15,18-19,22,28,32H,5,10-11,16-17,20-21,23H2,1-2H3,(H,35,41)/t32-/m0/s1. The van der Waals surface area contributed by atoms with Crippen LogP contribution in [0.3, 0.4) is 0 Å². The highest BCUT2D eigenvalue weighted by atomic mass is 16.1. The van der Waals surface area contributed by atoms with Crippen molar-refractivity contribution in [3.05, 3.63) is 123 Å². The number of nitrogens with zero attached hydrogens (tertiary/aromatic N) is 5. The molecule has 0 radical (unpaired) electrons. The van der Waals surface area contributed by atoms with Gasteiger partial charge in [0.2, 0.25) is 0 Å². The molecule has 1 atom stereocenters. The van der Waals surface area contributed by atoms with Gasteiger partial charge in [-0.1, -0.05) is 92.1 Å². The summed E-state index contributed by atoms with van der Waals surface area (Å²) >= 11 is 0. The number of hydrogen-bond donors (Lipinski definition) is 1. The van der Waals surface area contributed by atoms with Gasteiger partial charge < -0.3 is 4.98 Å². The minimum atomic E-state index is -0.413. The zero-order valence-electron chi connectivity index (χ0n) is 24.0. The molecule has 1 fully saturated rings. The van der Waals surface area contributed by atoms with E-state index in [0.717, 1.165) is 53.7 Å². The smallest absolute Gasteiger partial charge is 0.253 e. The second-order valence-electron chi connectivity index (χ2n) is 11.4. The van der Waals surface area contributed by atoms with Crippen LogP contribution in [-0.4, -0.2) is 36.6 Å². The molecular weight excluding hydrogens is 508 g/mol. The van der Waals surface area contributed by atoms with Gasteiger partial charge in [-0.15, -0.1) is 5.10 Å². The highest BCUT2D eigenvalue weighted by molar-refractivity contribution is 5.85. The lowest BCUT2D eigenvalue weighted by atomic mass is 9.94. The van der Waals surface area contributed by atoms with E-state index in [1.54, 1.807) is 0 Å². The van der Waals surface area contributed by atoms with E-state index >= 15 is 0 Å². The molecule has 1 N–H and O–H groups in total. The highest BCUT2D eigenvalue weighted by Crippen LogP contribution is 2.34. The molecule has 0 amide bonds. The average molecular weight is 547 g/mol. The predicted molar refractivity (Wildman–Crippen MR) is 163 cm³/mol. The van der Waals surface area contributed by atoms with Gasteiger partial charge in [0.15, 0.2) is 5.82 Å². The summed E-state index contributed by atoms with van der Waals surface area (Å²) in [6, 6.07) is 27.1. The summed E-state index contributed by atoms with van der Waals surface area (Å²) in [6.45, 7) is 5.55. The summed E-state index contributed by atoms with van der Waals surface area (Å²) in [6.07, 6.45) is 6.55. The van der Waals surface area contributed by atoms with Crippen molar-refractivity contribution < 1.29 is 0 Å². The lowest BCUT2D eigenvalue weighted by molar-refractivity contribution is 0.197. The van der Waals surface area contributed by atoms with Gasteiger partial charge in [0, 0.05) is 24.0 Å². The van der Waals surface area contributed by atoms with Crippen LogP contribution in [0.5, 0.6) is 0 Å². The highest BCUT2D eigenvalue weighted by Gasteiger charge is 2.33. The van der Waals surface area contributed by atoms with Crippen molar-refractivity contribution in [3.8, 4) is 0 Å². The molecule has 1 aliphatic rings. The molecule has 1 saturated carbocycles. The molecule has 0 spiro atoms. The van der Waals surface area contributed by atoms with Gasteiger partial charge in [0.25, 0.3) is 5.56 Å². The number of H-pyrrole nitrogens is 1. The first-order chi connectivity index (χ1) is 20.1. The minimum Gasteiger partial charge on any atom is -0.321 e. The first-order valence-electron chi connectivity index (χ1n) is 14.8. The molecule has 2 heterocycles. The van der Waals surface area contributed by atoms with Crippen LogP contribution in [0.15, 0.2) is 83.7 Å². The second-order valence-corrected chi connectivity index (χ2v) is 11.4. The Bertz CT molecular complexity index is 1650. The van der Waals surface area contributed by atoms with Gasteiger partial charge in [-0.25, -0.2) is 4.68 Å². The number of fused-ring (bicyclic) bond motifs is 1. The van der Waals surface area contributed by atoms with Crippen LogP contribution in [0.4, 0.5) is 0 Å². The second kappa shape index (κ2) is 12.2. The van der Waals surface area contributed by atoms with E-state index in [-0.39, 0.29) is 11.6 Å². The van der Waals surface area contributed by atoms with Crippen LogP contribution in [0.2, 0.25) is 0 Å². The Hall–Kier alpha value is -4.10. The fraction of sp³-hybridized carbons (Fsp3) is 0.353. The Labute approximate surface area is 241 Å². The van der Waals surface area contributed by atoms with E-state index < -0.39 is 6.04 Å². The zero-order valence-corrected chi connectivity index (χ0v) is 24.0. The number of nitrogens with one attached hydrogen (secondary N) is 1. The summed E-state index contributed by atoms with van der Waals surface area (Å²) in [5.41, 5.74) is 6.12. The van der Waals surface area contributed by atoms with Crippen molar-refractivity contribution in [2.45, 2.75) is 71.0 Å². The van der Waals surface area contributed by atoms with Gasteiger partial charge in [0.1, 0.15) is 6.04 Å². The van der Waals surface area contributed by atoms with Crippen LogP contribution in [0, 0.1) is 13.8 Å². The van der Waals surface area contributed by atoms with Crippen molar-refractivity contribution in [2.75, 3.05) is 6.54 Å². The maximum atomic E-state index is 14.0. The van der Waals surface area contributed by atoms with Gasteiger partial charge in [0.05, 0.1) is 11.6 Å². The van der Waals surface area contributed by atoms with E-state index in [2.05, 4.69) is 99.1 Å². The van der Waals surface area contributed by atoms with E-state index in [9.17, 15) is 4.79 Å². The average Bonchev–Trinajstić information content (AvgIpc) is 3.49. The molecule has 0 bridgehead atoms. The third-order valence-corrected chi connectivity index (χ3v) is 8.57. The normalized spacial score (nSPS) is 15.0. The molecule has 7 heteroatoms. The largest absolute Gasteiger partial charge is 0.321 e. The van der Waals surface area contributed by atoms with Gasteiger partial charge >= 0.3 is 0 Å². The van der Waals surface area contributed by atoms with Gasteiger partial charge in [-0.3, -0.25) is 9.69 Å². The van der Waals surface area contributed by atoms with Crippen LogP contribution < -0.4 is 5.56 Å². The van der Waals surface area contributed by atoms with Crippen LogP contribution in [0.1, 0.15) is 77.8 Å². The summed E-state index contributed by atoms with van der Waals surface area (Å²) in [7, 11) is 0. The van der Waals surface area contributed by atoms with Crippen molar-refractivity contribution in [2.24, 2.45) is 0 Å². The zero-order chi connectivity index (χ0) is 28.2. The third-order valence-electron chi connectivity index (χ3n) is 8.57. The number of aryl methyl sites for hydroxylation is 2. The Morgan fingerprint density at radius 1 is 0.902 bits per heavy atom. The lowest BCUT2D eigenvalue weighted by Gasteiger charge is -2.33. The number of hydrogen-bond acceptors (Lipinski definition) is 5. The van der Waals surface area contributed by atoms with Crippen molar-refractivity contribution in [1.29, 1.82) is 0 Å². The summed E-state index contributed by atoms with van der Waals surface area (Å²) in [5.74, 6) is 0.746. The van der Waals surface area contributed by atoms with Crippen LogP contribution >= 0.6 is 0 Å². The third kappa shape index (κ3) is 5.86. The van der Waals surface area contributed by atoms with Crippen LogP contribution in [-0.2, 0) is 13.0 Å². The molecule has 6 rings (SSSR count). The molecule has 3 aromatic carbocycles. The van der Waals surface area contributed by atoms with Crippen molar-refractivity contribution in [1.82, 2.24) is 30.1 Å². The molecule has 7 nitrogen and oxygen atoms in total. The van der Waals surface area contributed by atoms with Crippen molar-refractivity contribution in [3.63, 3.8) is 0 Å². The fourth-order valence-electron chi connectivity index (χ4n) is 6.29. The molecule has 1 aliphatic carbocycles. The Balaban J connectivity index is 1.51. The van der Waals surface area contributed by atoms with E-state index in [4.69, 9.17) is 0 Å². The molecule has 5 aromatic rings. The summed E-state index contributed by atoms with van der Waals surface area (Å²) < 4.78 is 2.02. The number of aromatic nitrogens is 5. The Morgan fingerprint density at radius 2 is 1.59 bits per heavy atom. The Morgan fingerprint density at radius 3 is 2.32 bits per heavy atom. The Kier molecular flexibility index (Phi) is 8.05. The number of rotatable bonds is 9. The number of benzene rings is 3. The molecular formula is C34H38N6O. The number of aromatic amines is 1. The fourth-order valence-corrected chi connectivity index (χ4v) is 6.29. The van der Waals surface area contributed by atoms with E-state index in [1.807, 2.05) is 23.7 Å². The maximum absolute atomic E-state index is 14.0. The van der Waals surface area contributed by atoms with E-state index in [1.165, 1.54) is 30.4 Å². The van der Waals surface area contributed by atoms with Crippen LogP contribution in [0.25, 0.3) is 10.9 Å². The maximum Gasteiger partial charge on any atom is 0.253 e. The molecule has 0 unspecified atom stereocenters. The van der Waals surface area contributed by atoms with Crippen molar-refractivity contribution >= 4 is 10.9 Å². The minimum absolute atomic E-state index is 0.0906. The predicted octanol–water partition coefficient (Wildman–Crippen LogP) is 6.47. The lowest BCUT2D eigenvalue weighted by Crippen LogP contribution is -2.37. The first-order valence-corrected chi connectivity index (χ1v) is 14.8. The quantitative estimate of drug-likeness (QED) is 0.229. The molecule has 2 aromatic heterocycles. The topological polar surface area (TPSA) is 79.7 Å². The molecule has 0 aliphatic heterocycles. The SMILES string of the molecule is Cc1ccc(C)c2[nH]c(=O)c([C@@H](c3nnnn3C3CCCCC3)N(CCc3ccccc3)Cc3ccccc3)cc12. The van der Waals surface area contributed by atoms with E-state index in [0.29, 0.717) is 12.1 Å². The monoisotopic (exact) mass is 546 g/mol. The number of tetrazole rings is 1. The summed E-state index contributed by atoms with van der Waals surface area (Å²) in [4.78, 5) is 19.6. The molecule has 41 heavy (non-hydrogen) atoms.